The molecular formula is C16H24ClNO2. The molecule has 0 N–H and O–H groups in total. The number of carbonyl (C=O) groups excluding carboxylic acids is 1. The van der Waals surface area contributed by atoms with Crippen molar-refractivity contribution in [1.82, 2.24) is 4.90 Å². The Balaban J connectivity index is 3.20. The van der Waals surface area contributed by atoms with Crippen LogP contribution in [0.1, 0.15) is 44.5 Å². The van der Waals surface area contributed by atoms with E-state index in [0.29, 0.717) is 16.3 Å². The van der Waals surface area contributed by atoms with Crippen LogP contribution in [0, 0.1) is 0 Å². The topological polar surface area (TPSA) is 29.5 Å². The zero-order valence-corrected chi connectivity index (χ0v) is 13.8. The van der Waals surface area contributed by atoms with E-state index in [4.69, 9.17) is 16.3 Å². The second-order valence-corrected chi connectivity index (χ2v) is 5.39. The summed E-state index contributed by atoms with van der Waals surface area (Å²) in [6, 6.07) is 5.21. The van der Waals surface area contributed by atoms with Gasteiger partial charge in [0.1, 0.15) is 5.75 Å². The highest BCUT2D eigenvalue weighted by molar-refractivity contribution is 6.32. The summed E-state index contributed by atoms with van der Waals surface area (Å²) in [6.45, 7) is 9.89. The Labute approximate surface area is 126 Å². The molecule has 0 saturated carbocycles. The first kappa shape index (κ1) is 17.0. The average Bonchev–Trinajstić information content (AvgIpc) is 2.47. The summed E-state index contributed by atoms with van der Waals surface area (Å²) < 4.78 is 5.20. The Bertz CT molecular complexity index is 472. The van der Waals surface area contributed by atoms with Crippen LogP contribution < -0.4 is 4.74 Å². The van der Waals surface area contributed by atoms with Crippen molar-refractivity contribution in [2.24, 2.45) is 0 Å². The molecule has 1 unspecified atom stereocenters. The minimum Gasteiger partial charge on any atom is -0.495 e. The molecule has 0 aliphatic heterocycles. The molecule has 4 heteroatoms. The molecule has 0 spiro atoms. The maximum atomic E-state index is 12.9. The van der Waals surface area contributed by atoms with E-state index in [0.717, 1.165) is 19.5 Å². The Hall–Kier alpha value is -1.06. The van der Waals surface area contributed by atoms with Crippen molar-refractivity contribution in [1.29, 1.82) is 0 Å². The lowest BCUT2D eigenvalue weighted by Crippen LogP contribution is -2.51. The summed E-state index contributed by atoms with van der Waals surface area (Å²) in [5, 5.41) is 0.519. The van der Waals surface area contributed by atoms with E-state index in [2.05, 4.69) is 18.7 Å². The van der Waals surface area contributed by atoms with Crippen LogP contribution in [0.3, 0.4) is 0 Å². The number of ether oxygens (including phenoxy) is 1. The van der Waals surface area contributed by atoms with Crippen LogP contribution in [0.5, 0.6) is 5.75 Å². The minimum atomic E-state index is -0.498. The quantitative estimate of drug-likeness (QED) is 0.711. The third kappa shape index (κ3) is 3.15. The average molecular weight is 298 g/mol. The van der Waals surface area contributed by atoms with Crippen LogP contribution in [-0.2, 0) is 0 Å². The predicted molar refractivity (Wildman–Crippen MR) is 84.0 cm³/mol. The molecule has 0 bridgehead atoms. The van der Waals surface area contributed by atoms with Gasteiger partial charge in [-0.25, -0.2) is 0 Å². The number of rotatable bonds is 7. The van der Waals surface area contributed by atoms with Crippen molar-refractivity contribution in [2.45, 2.75) is 39.7 Å². The van der Waals surface area contributed by atoms with Crippen LogP contribution in [0.4, 0.5) is 0 Å². The number of nitrogens with zero attached hydrogens (tertiary/aromatic N) is 1. The molecule has 0 aliphatic carbocycles. The van der Waals surface area contributed by atoms with Gasteiger partial charge in [0, 0.05) is 5.56 Å². The number of carbonyl (C=O) groups is 1. The van der Waals surface area contributed by atoms with Crippen molar-refractivity contribution in [3.05, 3.63) is 28.8 Å². The number of likely N-dealkylation sites (N-methyl/N-ethyl adjacent to an activating group) is 1. The first-order valence-corrected chi connectivity index (χ1v) is 7.45. The van der Waals surface area contributed by atoms with Crippen molar-refractivity contribution < 1.29 is 9.53 Å². The van der Waals surface area contributed by atoms with Gasteiger partial charge in [-0.3, -0.25) is 9.69 Å². The van der Waals surface area contributed by atoms with Gasteiger partial charge in [0.25, 0.3) is 0 Å². The van der Waals surface area contributed by atoms with Gasteiger partial charge in [-0.15, -0.1) is 0 Å². The number of benzene rings is 1. The van der Waals surface area contributed by atoms with Gasteiger partial charge >= 0.3 is 0 Å². The maximum absolute atomic E-state index is 12.9. The fourth-order valence-electron chi connectivity index (χ4n) is 2.56. The highest BCUT2D eigenvalue weighted by Crippen LogP contribution is 2.29. The molecule has 0 radical (unpaired) electrons. The summed E-state index contributed by atoms with van der Waals surface area (Å²) in [4.78, 5) is 15.1. The molecule has 0 amide bonds. The van der Waals surface area contributed by atoms with Crippen molar-refractivity contribution >= 4 is 17.4 Å². The normalized spacial score (nSPS) is 14.2. The molecule has 1 aromatic carbocycles. The van der Waals surface area contributed by atoms with E-state index >= 15 is 0 Å². The number of Topliss-reactive ketones (excluding diaryl/α,β-unsaturated/α-hetero) is 1. The van der Waals surface area contributed by atoms with Crippen LogP contribution in [0.25, 0.3) is 0 Å². The monoisotopic (exact) mass is 297 g/mol. The number of methoxy groups -OCH3 is 1. The Morgan fingerprint density at radius 2 is 1.90 bits per heavy atom. The van der Waals surface area contributed by atoms with Gasteiger partial charge < -0.3 is 4.74 Å². The molecule has 0 saturated heterocycles. The number of hydrogen-bond donors (Lipinski definition) is 0. The third-order valence-corrected chi connectivity index (χ3v) is 4.36. The summed E-state index contributed by atoms with van der Waals surface area (Å²) in [5.41, 5.74) is 0.144. The molecular weight excluding hydrogens is 274 g/mol. The van der Waals surface area contributed by atoms with E-state index in [9.17, 15) is 4.79 Å². The molecule has 0 fully saturated rings. The minimum absolute atomic E-state index is 0.110. The highest BCUT2D eigenvalue weighted by Gasteiger charge is 2.36. The standard InChI is InChI=1S/C16H24ClNO2/c1-6-16(4,18(7-2)8-3)15(19)12-9-10-13(17)14(11-12)20-5/h9-11H,6-8H2,1-5H3. The molecule has 1 rings (SSSR count). The van der Waals surface area contributed by atoms with Crippen LogP contribution in [-0.4, -0.2) is 36.4 Å². The second-order valence-electron chi connectivity index (χ2n) is 4.98. The van der Waals surface area contributed by atoms with E-state index in [1.807, 2.05) is 13.8 Å². The predicted octanol–water partition coefficient (Wildman–Crippen LogP) is 4.04. The number of hydrogen-bond acceptors (Lipinski definition) is 3. The summed E-state index contributed by atoms with van der Waals surface area (Å²) in [7, 11) is 1.55. The first-order valence-electron chi connectivity index (χ1n) is 7.07. The van der Waals surface area contributed by atoms with E-state index in [1.165, 1.54) is 0 Å². The Kier molecular flexibility index (Phi) is 6.03. The van der Waals surface area contributed by atoms with E-state index in [1.54, 1.807) is 25.3 Å². The van der Waals surface area contributed by atoms with Crippen molar-refractivity contribution in [2.75, 3.05) is 20.2 Å². The maximum Gasteiger partial charge on any atom is 0.182 e. The molecule has 0 heterocycles. The number of halogens is 1. The summed E-state index contributed by atoms with van der Waals surface area (Å²) in [5.74, 6) is 0.647. The first-order chi connectivity index (χ1) is 9.44. The van der Waals surface area contributed by atoms with Gasteiger partial charge in [-0.05, 0) is 44.6 Å². The lowest BCUT2D eigenvalue weighted by atomic mass is 9.86. The third-order valence-electron chi connectivity index (χ3n) is 4.05. The summed E-state index contributed by atoms with van der Waals surface area (Å²) >= 11 is 6.02. The fourth-order valence-corrected chi connectivity index (χ4v) is 2.76. The molecule has 1 aromatic rings. The van der Waals surface area contributed by atoms with Gasteiger partial charge in [0.15, 0.2) is 5.78 Å². The Morgan fingerprint density at radius 1 is 1.30 bits per heavy atom. The van der Waals surface area contributed by atoms with Gasteiger partial charge in [0.2, 0.25) is 0 Å². The van der Waals surface area contributed by atoms with E-state index < -0.39 is 5.54 Å². The van der Waals surface area contributed by atoms with Gasteiger partial charge in [-0.2, -0.15) is 0 Å². The Morgan fingerprint density at radius 3 is 2.35 bits per heavy atom. The van der Waals surface area contributed by atoms with Crippen molar-refractivity contribution in [3.63, 3.8) is 0 Å². The zero-order chi connectivity index (χ0) is 15.3. The highest BCUT2D eigenvalue weighted by atomic mass is 35.5. The van der Waals surface area contributed by atoms with E-state index in [-0.39, 0.29) is 5.78 Å². The van der Waals surface area contributed by atoms with Crippen molar-refractivity contribution in [3.8, 4) is 5.75 Å². The second kappa shape index (κ2) is 7.09. The van der Waals surface area contributed by atoms with Crippen LogP contribution in [0.2, 0.25) is 5.02 Å². The zero-order valence-electron chi connectivity index (χ0n) is 13.0. The summed E-state index contributed by atoms with van der Waals surface area (Å²) in [6.07, 6.45) is 0.762. The van der Waals surface area contributed by atoms with Crippen LogP contribution in [0.15, 0.2) is 18.2 Å². The van der Waals surface area contributed by atoms with Gasteiger partial charge in [0.05, 0.1) is 17.7 Å². The smallest absolute Gasteiger partial charge is 0.182 e. The molecule has 3 nitrogen and oxygen atoms in total. The molecule has 0 aliphatic rings. The lowest BCUT2D eigenvalue weighted by Gasteiger charge is -2.38. The largest absolute Gasteiger partial charge is 0.495 e. The van der Waals surface area contributed by atoms with Crippen LogP contribution >= 0.6 is 11.6 Å². The molecule has 20 heavy (non-hydrogen) atoms. The van der Waals surface area contributed by atoms with Gasteiger partial charge in [-0.1, -0.05) is 32.4 Å². The molecule has 112 valence electrons. The lowest BCUT2D eigenvalue weighted by molar-refractivity contribution is 0.0607. The molecule has 1 atom stereocenters. The molecule has 0 aromatic heterocycles. The SMILES string of the molecule is CCN(CC)C(C)(CC)C(=O)c1ccc(Cl)c(OC)c1. The number of ketones is 1. The fraction of sp³-hybridized carbons (Fsp3) is 0.562.